The van der Waals surface area contributed by atoms with Crippen LogP contribution in [0.4, 0.5) is 0 Å². The zero-order chi connectivity index (χ0) is 17.7. The van der Waals surface area contributed by atoms with Crippen LogP contribution in [-0.2, 0) is 9.53 Å². The number of hydrogen-bond donors (Lipinski definition) is 2. The van der Waals surface area contributed by atoms with Gasteiger partial charge >= 0.3 is 5.97 Å². The van der Waals surface area contributed by atoms with Crippen LogP contribution >= 0.6 is 0 Å². The van der Waals surface area contributed by atoms with Gasteiger partial charge in [0.2, 0.25) is 0 Å². The van der Waals surface area contributed by atoms with Gasteiger partial charge in [-0.25, -0.2) is 5.43 Å². The summed E-state index contributed by atoms with van der Waals surface area (Å²) in [4.78, 5) is 23.9. The summed E-state index contributed by atoms with van der Waals surface area (Å²) in [5.41, 5.74) is 2.90. The molecule has 0 saturated heterocycles. The van der Waals surface area contributed by atoms with Gasteiger partial charge in [0.25, 0.3) is 5.91 Å². The Balaban J connectivity index is 2.16. The molecule has 0 aliphatic heterocycles. The van der Waals surface area contributed by atoms with Gasteiger partial charge in [-0.2, -0.15) is 5.10 Å². The number of esters is 1. The van der Waals surface area contributed by atoms with E-state index in [1.165, 1.54) is 6.07 Å². The maximum atomic E-state index is 12.2. The smallest absolute Gasteiger partial charge is 0.314 e. The number of nitrogens with zero attached hydrogens (tertiary/aromatic N) is 1. The summed E-state index contributed by atoms with van der Waals surface area (Å²) in [5.74, 6) is -1.64. The number of hydrazone groups is 1. The normalized spacial score (nSPS) is 12.7. The lowest BCUT2D eigenvalue weighted by atomic mass is 10.1. The average molecular weight is 328 g/mol. The van der Waals surface area contributed by atoms with Crippen molar-refractivity contribution < 1.29 is 19.4 Å². The van der Waals surface area contributed by atoms with Crippen molar-refractivity contribution in [2.24, 2.45) is 11.0 Å². The van der Waals surface area contributed by atoms with Gasteiger partial charge in [0.1, 0.15) is 5.75 Å². The number of amides is 1. The average Bonchev–Trinajstić information content (AvgIpc) is 2.58. The topological polar surface area (TPSA) is 88.0 Å². The van der Waals surface area contributed by atoms with Crippen LogP contribution in [-0.4, -0.2) is 29.3 Å². The fourth-order valence-electron chi connectivity index (χ4n) is 2.14. The number of fused-ring (bicyclic) bond motifs is 1. The SMILES string of the molecule is CCOC(=O)C(C)/C(C)=N/NC(=O)c1cc2ccccc2cc1O. The lowest BCUT2D eigenvalue weighted by Gasteiger charge is -2.10. The summed E-state index contributed by atoms with van der Waals surface area (Å²) < 4.78 is 4.91. The number of phenols is 1. The molecule has 2 aromatic rings. The Kier molecular flexibility index (Phi) is 5.52. The number of hydrogen-bond acceptors (Lipinski definition) is 5. The Morgan fingerprint density at radius 1 is 1.25 bits per heavy atom. The first-order valence-corrected chi connectivity index (χ1v) is 7.67. The van der Waals surface area contributed by atoms with Crippen LogP contribution in [0.2, 0.25) is 0 Å². The van der Waals surface area contributed by atoms with Crippen LogP contribution in [0.3, 0.4) is 0 Å². The van der Waals surface area contributed by atoms with E-state index in [-0.39, 0.29) is 17.9 Å². The summed E-state index contributed by atoms with van der Waals surface area (Å²) in [6.07, 6.45) is 0. The van der Waals surface area contributed by atoms with E-state index in [0.717, 1.165) is 10.8 Å². The molecule has 24 heavy (non-hydrogen) atoms. The maximum Gasteiger partial charge on any atom is 0.314 e. The van der Waals surface area contributed by atoms with Crippen LogP contribution < -0.4 is 5.43 Å². The van der Waals surface area contributed by atoms with Crippen LogP contribution in [0.25, 0.3) is 10.8 Å². The van der Waals surface area contributed by atoms with Crippen molar-refractivity contribution in [3.8, 4) is 5.75 Å². The number of rotatable bonds is 5. The highest BCUT2D eigenvalue weighted by Crippen LogP contribution is 2.24. The molecule has 0 aliphatic carbocycles. The van der Waals surface area contributed by atoms with Crippen molar-refractivity contribution in [2.75, 3.05) is 6.61 Å². The molecule has 0 saturated carbocycles. The number of aromatic hydroxyl groups is 1. The highest BCUT2D eigenvalue weighted by molar-refractivity contribution is 6.04. The molecule has 0 bridgehead atoms. The summed E-state index contributed by atoms with van der Waals surface area (Å²) in [7, 11) is 0. The Hall–Kier alpha value is -2.89. The summed E-state index contributed by atoms with van der Waals surface area (Å²) in [6.45, 7) is 5.29. The number of carbonyl (C=O) groups excluding carboxylic acids is 2. The molecule has 0 heterocycles. The first kappa shape index (κ1) is 17.5. The molecule has 1 unspecified atom stereocenters. The quantitative estimate of drug-likeness (QED) is 0.502. The zero-order valence-electron chi connectivity index (χ0n) is 13.9. The molecule has 1 atom stereocenters. The van der Waals surface area contributed by atoms with Gasteiger partial charge in [0.05, 0.1) is 18.1 Å². The first-order valence-electron chi connectivity index (χ1n) is 7.67. The molecule has 126 valence electrons. The Morgan fingerprint density at radius 3 is 2.50 bits per heavy atom. The van der Waals surface area contributed by atoms with Crippen LogP contribution in [0.1, 0.15) is 31.1 Å². The number of nitrogens with one attached hydrogen (secondary N) is 1. The minimum Gasteiger partial charge on any atom is -0.507 e. The van der Waals surface area contributed by atoms with E-state index in [4.69, 9.17) is 4.74 Å². The highest BCUT2D eigenvalue weighted by Gasteiger charge is 2.18. The Labute approximate surface area is 140 Å². The molecule has 0 radical (unpaired) electrons. The van der Waals surface area contributed by atoms with Crippen molar-refractivity contribution in [2.45, 2.75) is 20.8 Å². The molecule has 1 amide bonds. The van der Waals surface area contributed by atoms with Gasteiger partial charge in [0.15, 0.2) is 0 Å². The summed E-state index contributed by atoms with van der Waals surface area (Å²) >= 11 is 0. The van der Waals surface area contributed by atoms with E-state index in [2.05, 4.69) is 10.5 Å². The third kappa shape index (κ3) is 3.90. The molecular formula is C18H20N2O4. The van der Waals surface area contributed by atoms with Gasteiger partial charge in [-0.3, -0.25) is 9.59 Å². The molecule has 2 rings (SSSR count). The second kappa shape index (κ2) is 7.59. The van der Waals surface area contributed by atoms with Gasteiger partial charge < -0.3 is 9.84 Å². The molecule has 2 aromatic carbocycles. The fraction of sp³-hybridized carbons (Fsp3) is 0.278. The molecule has 6 heteroatoms. The monoisotopic (exact) mass is 328 g/mol. The Morgan fingerprint density at radius 2 is 1.88 bits per heavy atom. The van der Waals surface area contributed by atoms with Crippen molar-refractivity contribution >= 4 is 28.4 Å². The molecule has 0 aromatic heterocycles. The predicted molar refractivity (Wildman–Crippen MR) is 92.0 cm³/mol. The van der Waals surface area contributed by atoms with Crippen LogP contribution in [0.15, 0.2) is 41.5 Å². The fourth-order valence-corrected chi connectivity index (χ4v) is 2.14. The highest BCUT2D eigenvalue weighted by atomic mass is 16.5. The molecule has 2 N–H and O–H groups in total. The van der Waals surface area contributed by atoms with Crippen molar-refractivity contribution in [3.63, 3.8) is 0 Å². The first-order chi connectivity index (χ1) is 11.4. The predicted octanol–water partition coefficient (Wildman–Crippen LogP) is 2.85. The van der Waals surface area contributed by atoms with E-state index in [1.807, 2.05) is 24.3 Å². The maximum absolute atomic E-state index is 12.2. The Bertz CT molecular complexity index is 799. The molecule has 0 aliphatic rings. The number of benzene rings is 2. The van der Waals surface area contributed by atoms with E-state index < -0.39 is 17.8 Å². The van der Waals surface area contributed by atoms with Crippen molar-refractivity contribution in [1.29, 1.82) is 0 Å². The lowest BCUT2D eigenvalue weighted by Crippen LogP contribution is -2.26. The van der Waals surface area contributed by atoms with Gasteiger partial charge in [0, 0.05) is 5.71 Å². The summed E-state index contributed by atoms with van der Waals surface area (Å²) in [6, 6.07) is 10.5. The van der Waals surface area contributed by atoms with Crippen molar-refractivity contribution in [1.82, 2.24) is 5.43 Å². The molecule has 6 nitrogen and oxygen atoms in total. The number of carbonyl (C=O) groups is 2. The standard InChI is InChI=1S/C18H20N2O4/c1-4-24-18(23)11(2)12(3)19-20-17(22)15-9-13-7-5-6-8-14(13)10-16(15)21/h5-11,21H,4H2,1-3H3,(H,20,22)/b19-12+. The zero-order valence-corrected chi connectivity index (χ0v) is 13.9. The van der Waals surface area contributed by atoms with E-state index in [0.29, 0.717) is 5.71 Å². The largest absolute Gasteiger partial charge is 0.507 e. The van der Waals surface area contributed by atoms with Crippen LogP contribution in [0, 0.1) is 5.92 Å². The van der Waals surface area contributed by atoms with Gasteiger partial charge in [-0.05, 0) is 43.7 Å². The lowest BCUT2D eigenvalue weighted by molar-refractivity contribution is -0.145. The third-order valence-electron chi connectivity index (χ3n) is 3.71. The van der Waals surface area contributed by atoms with E-state index in [1.54, 1.807) is 26.8 Å². The van der Waals surface area contributed by atoms with E-state index >= 15 is 0 Å². The second-order valence-electron chi connectivity index (χ2n) is 5.38. The van der Waals surface area contributed by atoms with Gasteiger partial charge in [-0.15, -0.1) is 0 Å². The molecular weight excluding hydrogens is 308 g/mol. The molecule has 0 spiro atoms. The molecule has 0 fully saturated rings. The second-order valence-corrected chi connectivity index (χ2v) is 5.38. The van der Waals surface area contributed by atoms with Crippen LogP contribution in [0.5, 0.6) is 5.75 Å². The number of ether oxygens (including phenoxy) is 1. The minimum absolute atomic E-state index is 0.119. The van der Waals surface area contributed by atoms with Crippen molar-refractivity contribution in [3.05, 3.63) is 42.0 Å². The minimum atomic E-state index is -0.560. The van der Waals surface area contributed by atoms with Gasteiger partial charge in [-0.1, -0.05) is 24.3 Å². The third-order valence-corrected chi connectivity index (χ3v) is 3.71. The van der Waals surface area contributed by atoms with E-state index in [9.17, 15) is 14.7 Å². The number of phenolic OH excluding ortho intramolecular Hbond substituents is 1. The summed E-state index contributed by atoms with van der Waals surface area (Å²) in [5, 5.41) is 15.6.